The standard InChI is InChI=1S/C10H12B2BrNO2/c1-15-8-4-7(13)9(16-2)3-6(8)10(11,12)5-14/h3-4H,5,14H2,1-2H3. The molecule has 0 unspecified atom stereocenters. The zero-order chi connectivity index (χ0) is 12.3. The van der Waals surface area contributed by atoms with Gasteiger partial charge >= 0.3 is 0 Å². The van der Waals surface area contributed by atoms with Crippen LogP contribution in [0.4, 0.5) is 0 Å². The van der Waals surface area contributed by atoms with E-state index < -0.39 is 5.21 Å². The lowest BCUT2D eigenvalue weighted by molar-refractivity contribution is 0.395. The fourth-order valence-corrected chi connectivity index (χ4v) is 1.82. The second-order valence-corrected chi connectivity index (χ2v) is 4.29. The molecule has 6 heteroatoms. The molecule has 1 aromatic rings. The molecule has 0 fully saturated rings. The molecule has 0 saturated carbocycles. The molecule has 4 radical (unpaired) electrons. The van der Waals surface area contributed by atoms with Crippen molar-refractivity contribution in [1.29, 1.82) is 0 Å². The smallest absolute Gasteiger partial charge is 0.133 e. The van der Waals surface area contributed by atoms with Crippen molar-refractivity contribution in [2.45, 2.75) is 5.21 Å². The van der Waals surface area contributed by atoms with Gasteiger partial charge in [-0.1, -0.05) is 5.21 Å². The van der Waals surface area contributed by atoms with Gasteiger partial charge in [-0.15, -0.1) is 0 Å². The van der Waals surface area contributed by atoms with Gasteiger partial charge in [0.2, 0.25) is 0 Å². The Labute approximate surface area is 107 Å². The number of rotatable bonds is 4. The molecule has 0 spiro atoms. The van der Waals surface area contributed by atoms with Crippen LogP contribution in [0.3, 0.4) is 0 Å². The van der Waals surface area contributed by atoms with Crippen LogP contribution < -0.4 is 15.2 Å². The first-order valence-corrected chi connectivity index (χ1v) is 5.45. The first-order chi connectivity index (χ1) is 7.46. The zero-order valence-electron chi connectivity index (χ0n) is 9.29. The van der Waals surface area contributed by atoms with Crippen LogP contribution in [0.5, 0.6) is 11.5 Å². The number of halogens is 1. The Morgan fingerprint density at radius 3 is 2.25 bits per heavy atom. The largest absolute Gasteiger partial charge is 0.496 e. The minimum Gasteiger partial charge on any atom is -0.496 e. The fraction of sp³-hybridized carbons (Fsp3) is 0.400. The summed E-state index contributed by atoms with van der Waals surface area (Å²) >= 11 is 3.35. The van der Waals surface area contributed by atoms with Crippen molar-refractivity contribution >= 4 is 31.6 Å². The van der Waals surface area contributed by atoms with Gasteiger partial charge in [-0.2, -0.15) is 0 Å². The van der Waals surface area contributed by atoms with E-state index in [1.807, 2.05) is 0 Å². The first-order valence-electron chi connectivity index (χ1n) is 4.66. The van der Waals surface area contributed by atoms with E-state index in [9.17, 15) is 0 Å². The number of ether oxygens (including phenoxy) is 2. The van der Waals surface area contributed by atoms with Gasteiger partial charge < -0.3 is 15.2 Å². The Kier molecular flexibility index (Phi) is 4.33. The zero-order valence-corrected chi connectivity index (χ0v) is 10.9. The monoisotopic (exact) mass is 279 g/mol. The summed E-state index contributed by atoms with van der Waals surface area (Å²) in [5, 5.41) is -1.14. The molecule has 3 nitrogen and oxygen atoms in total. The van der Waals surface area contributed by atoms with E-state index in [1.54, 1.807) is 26.4 Å². The van der Waals surface area contributed by atoms with Gasteiger partial charge in [-0.3, -0.25) is 0 Å². The summed E-state index contributed by atoms with van der Waals surface area (Å²) in [4.78, 5) is 0. The molecule has 1 rings (SSSR count). The summed E-state index contributed by atoms with van der Waals surface area (Å²) in [7, 11) is 14.9. The van der Waals surface area contributed by atoms with E-state index in [4.69, 9.17) is 30.9 Å². The normalized spacial score (nSPS) is 11.2. The summed E-state index contributed by atoms with van der Waals surface area (Å²) < 4.78 is 11.2. The van der Waals surface area contributed by atoms with Crippen LogP contribution >= 0.6 is 15.9 Å². The van der Waals surface area contributed by atoms with Crippen LogP contribution in [0, 0.1) is 0 Å². The predicted molar refractivity (Wildman–Crippen MR) is 69.5 cm³/mol. The summed E-state index contributed by atoms with van der Waals surface area (Å²) in [6.45, 7) is 0.105. The van der Waals surface area contributed by atoms with Crippen LogP contribution in [0.15, 0.2) is 16.6 Å². The summed E-state index contributed by atoms with van der Waals surface area (Å²) in [6, 6.07) is 3.47. The number of nitrogens with two attached hydrogens (primary N) is 1. The van der Waals surface area contributed by atoms with Gasteiger partial charge in [0.15, 0.2) is 0 Å². The molecule has 82 valence electrons. The molecule has 0 aliphatic rings. The minimum absolute atomic E-state index is 0.105. The molecule has 2 N–H and O–H groups in total. The van der Waals surface area contributed by atoms with Crippen molar-refractivity contribution in [2.24, 2.45) is 5.73 Å². The second-order valence-electron chi connectivity index (χ2n) is 3.43. The highest BCUT2D eigenvalue weighted by molar-refractivity contribution is 9.10. The maximum atomic E-state index is 5.89. The van der Waals surface area contributed by atoms with Crippen LogP contribution in [-0.4, -0.2) is 36.5 Å². The third-order valence-corrected chi connectivity index (χ3v) is 2.93. The SMILES string of the molecule is [B]C([B])(CN)c1cc(OC)c(Br)cc1OC. The van der Waals surface area contributed by atoms with Gasteiger partial charge in [0.25, 0.3) is 0 Å². The lowest BCUT2D eigenvalue weighted by atomic mass is 9.51. The Balaban J connectivity index is 3.36. The van der Waals surface area contributed by atoms with E-state index >= 15 is 0 Å². The highest BCUT2D eigenvalue weighted by Gasteiger charge is 2.23. The third-order valence-electron chi connectivity index (χ3n) is 2.31. The number of benzene rings is 1. The fourth-order valence-electron chi connectivity index (χ4n) is 1.33. The number of hydrogen-bond acceptors (Lipinski definition) is 3. The van der Waals surface area contributed by atoms with E-state index in [1.165, 1.54) is 0 Å². The van der Waals surface area contributed by atoms with Crippen LogP contribution in [0.1, 0.15) is 5.56 Å². The Bertz CT molecular complexity index is 385. The molecule has 0 aromatic heterocycles. The van der Waals surface area contributed by atoms with Crippen LogP contribution in [0.25, 0.3) is 0 Å². The lowest BCUT2D eigenvalue weighted by Crippen LogP contribution is -2.36. The van der Waals surface area contributed by atoms with E-state index in [-0.39, 0.29) is 6.54 Å². The number of hydrogen-bond donors (Lipinski definition) is 1. The molecule has 0 amide bonds. The molecule has 0 aliphatic carbocycles. The average Bonchev–Trinajstić information content (AvgIpc) is 2.28. The molecule has 16 heavy (non-hydrogen) atoms. The van der Waals surface area contributed by atoms with E-state index in [2.05, 4.69) is 15.9 Å². The third kappa shape index (κ3) is 2.55. The first kappa shape index (κ1) is 13.5. The molecular weight excluding hydrogens is 268 g/mol. The molecule has 0 atom stereocenters. The highest BCUT2D eigenvalue weighted by atomic mass is 79.9. The van der Waals surface area contributed by atoms with Crippen molar-refractivity contribution in [2.75, 3.05) is 20.8 Å². The van der Waals surface area contributed by atoms with Crippen LogP contribution in [-0.2, 0) is 5.21 Å². The molecule has 0 aliphatic heterocycles. The molecule has 0 bridgehead atoms. The average molecular weight is 280 g/mol. The van der Waals surface area contributed by atoms with Gasteiger partial charge in [-0.05, 0) is 40.2 Å². The topological polar surface area (TPSA) is 44.5 Å². The maximum Gasteiger partial charge on any atom is 0.133 e. The van der Waals surface area contributed by atoms with Gasteiger partial charge in [0.05, 0.1) is 34.4 Å². The van der Waals surface area contributed by atoms with Crippen molar-refractivity contribution in [1.82, 2.24) is 0 Å². The summed E-state index contributed by atoms with van der Waals surface area (Å²) in [5.74, 6) is 1.20. The lowest BCUT2D eigenvalue weighted by Gasteiger charge is -2.27. The van der Waals surface area contributed by atoms with E-state index in [0.29, 0.717) is 17.1 Å². The Morgan fingerprint density at radius 1 is 1.25 bits per heavy atom. The second kappa shape index (κ2) is 5.15. The summed E-state index contributed by atoms with van der Waals surface area (Å²) in [5.41, 5.74) is 6.14. The predicted octanol–water partition coefficient (Wildman–Crippen LogP) is 0.915. The summed E-state index contributed by atoms with van der Waals surface area (Å²) in [6.07, 6.45) is 0. The Morgan fingerprint density at radius 2 is 1.81 bits per heavy atom. The van der Waals surface area contributed by atoms with Gasteiger partial charge in [-0.25, -0.2) is 0 Å². The molecular formula is C10H12B2BrNO2. The van der Waals surface area contributed by atoms with Crippen LogP contribution in [0.2, 0.25) is 0 Å². The quantitative estimate of drug-likeness (QED) is 0.834. The van der Waals surface area contributed by atoms with Crippen molar-refractivity contribution < 1.29 is 9.47 Å². The maximum absolute atomic E-state index is 5.89. The Hall–Kier alpha value is -0.610. The molecule has 0 saturated heterocycles. The van der Waals surface area contributed by atoms with Gasteiger partial charge in [0.1, 0.15) is 11.5 Å². The van der Waals surface area contributed by atoms with Crippen molar-refractivity contribution in [3.63, 3.8) is 0 Å². The minimum atomic E-state index is -1.14. The molecule has 0 heterocycles. The number of methoxy groups -OCH3 is 2. The highest BCUT2D eigenvalue weighted by Crippen LogP contribution is 2.36. The molecule has 1 aromatic carbocycles. The van der Waals surface area contributed by atoms with Gasteiger partial charge in [0, 0.05) is 0 Å². The van der Waals surface area contributed by atoms with E-state index in [0.717, 1.165) is 4.47 Å². The van der Waals surface area contributed by atoms with Crippen molar-refractivity contribution in [3.05, 3.63) is 22.2 Å². The van der Waals surface area contributed by atoms with Crippen molar-refractivity contribution in [3.8, 4) is 11.5 Å².